The van der Waals surface area contributed by atoms with E-state index in [1.807, 2.05) is 0 Å². The van der Waals surface area contributed by atoms with Crippen LogP contribution >= 0.6 is 0 Å². The van der Waals surface area contributed by atoms with Crippen LogP contribution in [-0.4, -0.2) is 44.2 Å². The Morgan fingerprint density at radius 1 is 1.53 bits per heavy atom. The molecule has 1 aliphatic rings. The molecule has 2 rings (SSSR count). The monoisotopic (exact) mass is 286 g/mol. The number of nitrogens with one attached hydrogen (secondary N) is 1. The molecule has 1 saturated heterocycles. The summed E-state index contributed by atoms with van der Waals surface area (Å²) < 4.78 is 31.4. The van der Waals surface area contributed by atoms with Crippen LogP contribution in [0.4, 0.5) is 0 Å². The molecule has 8 heteroatoms. The molecular weight excluding hydrogens is 272 g/mol. The molecular formula is C11H14N2O5S. The van der Waals surface area contributed by atoms with Gasteiger partial charge in [-0.15, -0.1) is 0 Å². The lowest BCUT2D eigenvalue weighted by atomic mass is 10.1. The van der Waals surface area contributed by atoms with Gasteiger partial charge in [0.1, 0.15) is 0 Å². The number of carboxylic acids is 1. The van der Waals surface area contributed by atoms with Gasteiger partial charge in [-0.2, -0.15) is 0 Å². The van der Waals surface area contributed by atoms with E-state index in [0.29, 0.717) is 19.8 Å². The number of hydrogen-bond donors (Lipinski definition) is 2. The van der Waals surface area contributed by atoms with Gasteiger partial charge in [-0.1, -0.05) is 0 Å². The van der Waals surface area contributed by atoms with Crippen LogP contribution in [0.2, 0.25) is 0 Å². The second-order valence-electron chi connectivity index (χ2n) is 4.27. The standard InChI is InChI=1S/C11H14N2O5S/c14-11(15)9-1-2-10(12-6-9)19(16,17)13-5-8-3-4-18-7-8/h1-2,6,8,13H,3-5,7H2,(H,14,15). The first kappa shape index (κ1) is 13.9. The number of rotatable bonds is 5. The molecule has 1 aromatic heterocycles. The lowest BCUT2D eigenvalue weighted by Crippen LogP contribution is -2.30. The van der Waals surface area contributed by atoms with Crippen molar-refractivity contribution < 1.29 is 23.1 Å². The molecule has 1 unspecified atom stereocenters. The largest absolute Gasteiger partial charge is 0.478 e. The molecule has 0 aromatic carbocycles. The van der Waals surface area contributed by atoms with Gasteiger partial charge in [0.2, 0.25) is 0 Å². The SMILES string of the molecule is O=C(O)c1ccc(S(=O)(=O)NCC2CCOC2)nc1. The fourth-order valence-electron chi connectivity index (χ4n) is 1.71. The average molecular weight is 286 g/mol. The van der Waals surface area contributed by atoms with Crippen molar-refractivity contribution in [2.75, 3.05) is 19.8 Å². The second kappa shape index (κ2) is 5.64. The van der Waals surface area contributed by atoms with Gasteiger partial charge in [-0.05, 0) is 24.5 Å². The lowest BCUT2D eigenvalue weighted by molar-refractivity contribution is 0.0696. The maximum Gasteiger partial charge on any atom is 0.337 e. The number of hydrogen-bond acceptors (Lipinski definition) is 5. The second-order valence-corrected chi connectivity index (χ2v) is 5.99. The van der Waals surface area contributed by atoms with Crippen LogP contribution in [-0.2, 0) is 14.8 Å². The zero-order valence-corrected chi connectivity index (χ0v) is 10.9. The molecule has 0 amide bonds. The Morgan fingerprint density at radius 2 is 2.32 bits per heavy atom. The number of ether oxygens (including phenoxy) is 1. The zero-order valence-electron chi connectivity index (χ0n) is 10.1. The summed E-state index contributed by atoms with van der Waals surface area (Å²) in [7, 11) is -3.70. The van der Waals surface area contributed by atoms with Gasteiger partial charge in [0.15, 0.2) is 5.03 Å². The third-order valence-corrected chi connectivity index (χ3v) is 4.18. The van der Waals surface area contributed by atoms with Crippen molar-refractivity contribution in [1.29, 1.82) is 0 Å². The molecule has 7 nitrogen and oxygen atoms in total. The van der Waals surface area contributed by atoms with Gasteiger partial charge in [-0.3, -0.25) is 0 Å². The predicted octanol–water partition coefficient (Wildman–Crippen LogP) is 0.0946. The van der Waals surface area contributed by atoms with Crippen LogP contribution < -0.4 is 4.72 Å². The van der Waals surface area contributed by atoms with Crippen LogP contribution in [0, 0.1) is 5.92 Å². The van der Waals surface area contributed by atoms with Crippen molar-refractivity contribution in [3.63, 3.8) is 0 Å². The molecule has 0 aliphatic carbocycles. The van der Waals surface area contributed by atoms with E-state index in [1.165, 1.54) is 12.1 Å². The number of aromatic nitrogens is 1. The number of carbonyl (C=O) groups is 1. The smallest absolute Gasteiger partial charge is 0.337 e. The van der Waals surface area contributed by atoms with Crippen molar-refractivity contribution in [2.24, 2.45) is 5.92 Å². The minimum absolute atomic E-state index is 0.0526. The molecule has 0 radical (unpaired) electrons. The average Bonchev–Trinajstić information content (AvgIpc) is 2.90. The predicted molar refractivity (Wildman–Crippen MR) is 65.3 cm³/mol. The van der Waals surface area contributed by atoms with Gasteiger partial charge >= 0.3 is 5.97 Å². The highest BCUT2D eigenvalue weighted by molar-refractivity contribution is 7.89. The maximum atomic E-state index is 11.9. The molecule has 1 atom stereocenters. The van der Waals surface area contributed by atoms with Crippen LogP contribution in [0.25, 0.3) is 0 Å². The Morgan fingerprint density at radius 3 is 2.84 bits per heavy atom. The minimum atomic E-state index is -3.70. The third-order valence-electron chi connectivity index (χ3n) is 2.84. The summed E-state index contributed by atoms with van der Waals surface area (Å²) in [6.07, 6.45) is 1.85. The van der Waals surface area contributed by atoms with E-state index in [1.54, 1.807) is 0 Å². The maximum absolute atomic E-state index is 11.9. The zero-order chi connectivity index (χ0) is 13.9. The number of carboxylic acid groups (broad SMARTS) is 1. The molecule has 1 fully saturated rings. The summed E-state index contributed by atoms with van der Waals surface area (Å²) in [4.78, 5) is 14.3. The summed E-state index contributed by atoms with van der Waals surface area (Å²) in [5.74, 6) is -0.972. The fourth-order valence-corrected chi connectivity index (χ4v) is 2.75. The number of nitrogens with zero attached hydrogens (tertiary/aromatic N) is 1. The Labute approximate surface area is 110 Å². The minimum Gasteiger partial charge on any atom is -0.478 e. The Balaban J connectivity index is 2.03. The van der Waals surface area contributed by atoms with Crippen LogP contribution in [0.3, 0.4) is 0 Å². The Kier molecular flexibility index (Phi) is 4.13. The highest BCUT2D eigenvalue weighted by Crippen LogP contribution is 2.12. The van der Waals surface area contributed by atoms with E-state index >= 15 is 0 Å². The quantitative estimate of drug-likeness (QED) is 0.795. The highest BCUT2D eigenvalue weighted by Gasteiger charge is 2.21. The van der Waals surface area contributed by atoms with E-state index in [2.05, 4.69) is 9.71 Å². The van der Waals surface area contributed by atoms with E-state index in [4.69, 9.17) is 9.84 Å². The van der Waals surface area contributed by atoms with E-state index in [-0.39, 0.29) is 16.5 Å². The number of pyridine rings is 1. The van der Waals surface area contributed by atoms with Gasteiger partial charge in [-0.25, -0.2) is 22.9 Å². The summed E-state index contributed by atoms with van der Waals surface area (Å²) in [5.41, 5.74) is -0.0526. The Hall–Kier alpha value is -1.51. The molecule has 1 aliphatic heterocycles. The van der Waals surface area contributed by atoms with Gasteiger partial charge in [0.25, 0.3) is 10.0 Å². The van der Waals surface area contributed by atoms with Crippen LogP contribution in [0.5, 0.6) is 0 Å². The summed E-state index contributed by atoms with van der Waals surface area (Å²) in [5, 5.41) is 8.52. The normalized spacial score (nSPS) is 19.5. The lowest BCUT2D eigenvalue weighted by Gasteiger charge is -2.09. The highest BCUT2D eigenvalue weighted by atomic mass is 32.2. The van der Waals surface area contributed by atoms with Gasteiger partial charge in [0, 0.05) is 19.3 Å². The molecule has 0 bridgehead atoms. The molecule has 0 saturated carbocycles. The Bertz CT molecular complexity index is 549. The molecule has 0 spiro atoms. The van der Waals surface area contributed by atoms with Gasteiger partial charge in [0.05, 0.1) is 12.2 Å². The molecule has 2 N–H and O–H groups in total. The van der Waals surface area contributed by atoms with Crippen molar-refractivity contribution in [3.8, 4) is 0 Å². The van der Waals surface area contributed by atoms with Crippen molar-refractivity contribution in [1.82, 2.24) is 9.71 Å². The first-order valence-corrected chi connectivity index (χ1v) is 7.24. The van der Waals surface area contributed by atoms with Gasteiger partial charge < -0.3 is 9.84 Å². The molecule has 104 valence electrons. The van der Waals surface area contributed by atoms with Crippen molar-refractivity contribution in [3.05, 3.63) is 23.9 Å². The molecule has 2 heterocycles. The van der Waals surface area contributed by atoms with Crippen molar-refractivity contribution >= 4 is 16.0 Å². The summed E-state index contributed by atoms with van der Waals surface area (Å²) in [6.45, 7) is 1.50. The van der Waals surface area contributed by atoms with Crippen LogP contribution in [0.15, 0.2) is 23.4 Å². The van der Waals surface area contributed by atoms with E-state index in [9.17, 15) is 13.2 Å². The molecule has 1 aromatic rings. The number of sulfonamides is 1. The van der Waals surface area contributed by atoms with E-state index < -0.39 is 16.0 Å². The molecule has 19 heavy (non-hydrogen) atoms. The first-order chi connectivity index (χ1) is 8.99. The summed E-state index contributed by atoms with van der Waals surface area (Å²) in [6, 6.07) is 2.39. The first-order valence-electron chi connectivity index (χ1n) is 5.76. The topological polar surface area (TPSA) is 106 Å². The number of aromatic carboxylic acids is 1. The summed E-state index contributed by atoms with van der Waals surface area (Å²) >= 11 is 0. The van der Waals surface area contributed by atoms with E-state index in [0.717, 1.165) is 12.6 Å². The fraction of sp³-hybridized carbons (Fsp3) is 0.455. The van der Waals surface area contributed by atoms with Crippen LogP contribution in [0.1, 0.15) is 16.8 Å². The third kappa shape index (κ3) is 3.49. The van der Waals surface area contributed by atoms with Crippen molar-refractivity contribution in [2.45, 2.75) is 11.4 Å².